The number of carbonyl (C=O) groups excluding carboxylic acids is 1. The van der Waals surface area contributed by atoms with Crippen LogP contribution in [0.3, 0.4) is 0 Å². The summed E-state index contributed by atoms with van der Waals surface area (Å²) in [6.07, 6.45) is 2.47. The number of likely N-dealkylation sites (N-methyl/N-ethyl adjacent to an activating group) is 1. The van der Waals surface area contributed by atoms with Crippen LogP contribution in [0.25, 0.3) is 11.1 Å². The molecule has 0 radical (unpaired) electrons. The molecule has 0 atom stereocenters. The first kappa shape index (κ1) is 33.3. The van der Waals surface area contributed by atoms with Gasteiger partial charge < -0.3 is 14.4 Å². The highest BCUT2D eigenvalue weighted by atomic mass is 35.5. The van der Waals surface area contributed by atoms with Gasteiger partial charge in [-0.05, 0) is 59.6 Å². The number of nitrogens with zero attached hydrogens (tertiary/aromatic N) is 4. The Morgan fingerprint density at radius 1 is 0.881 bits per heavy atom. The van der Waals surface area contributed by atoms with E-state index >= 15 is 0 Å². The second-order valence-electron chi connectivity index (χ2n) is 9.51. The molecule has 1 amide bonds. The highest BCUT2D eigenvalue weighted by molar-refractivity contribution is 7.98. The van der Waals surface area contributed by atoms with Crippen molar-refractivity contribution in [3.05, 3.63) is 116 Å². The largest absolute Gasteiger partial charge is 0.340 e. The van der Waals surface area contributed by atoms with Crippen molar-refractivity contribution in [3.8, 4) is 11.1 Å². The Balaban J connectivity index is 0.000000240. The van der Waals surface area contributed by atoms with Gasteiger partial charge in [0, 0.05) is 43.7 Å². The molecular formula is C32H35Cl2FN4O2S. The Bertz CT molecular complexity index is 1460. The van der Waals surface area contributed by atoms with Gasteiger partial charge in [0.2, 0.25) is 6.41 Å². The van der Waals surface area contributed by atoms with Crippen LogP contribution in [-0.2, 0) is 24.1 Å². The third-order valence-electron chi connectivity index (χ3n) is 6.56. The number of carbonyl (C=O) groups is 1. The summed E-state index contributed by atoms with van der Waals surface area (Å²) >= 11 is 13.0. The molecule has 1 heterocycles. The lowest BCUT2D eigenvalue weighted by Crippen LogP contribution is -2.34. The lowest BCUT2D eigenvalue weighted by atomic mass is 10.0. The highest BCUT2D eigenvalue weighted by Crippen LogP contribution is 2.22. The molecule has 0 aliphatic heterocycles. The maximum Gasteiger partial charge on any atom is 0.292 e. The molecule has 0 N–H and O–H groups in total. The fraction of sp³-hybridized carbons (Fsp3) is 0.281. The summed E-state index contributed by atoms with van der Waals surface area (Å²) in [7, 11) is 1.77. The van der Waals surface area contributed by atoms with E-state index in [4.69, 9.17) is 23.2 Å². The van der Waals surface area contributed by atoms with Crippen molar-refractivity contribution in [2.24, 2.45) is 7.05 Å². The topological polar surface area (TPSA) is 58.4 Å². The van der Waals surface area contributed by atoms with E-state index in [0.29, 0.717) is 17.5 Å². The maximum absolute atomic E-state index is 12.7. The van der Waals surface area contributed by atoms with Gasteiger partial charge in [0.25, 0.3) is 5.56 Å². The van der Waals surface area contributed by atoms with Crippen LogP contribution in [0.5, 0.6) is 0 Å². The minimum atomic E-state index is -0.434. The molecule has 42 heavy (non-hydrogen) atoms. The Hall–Kier alpha value is -3.17. The molecule has 0 aliphatic rings. The van der Waals surface area contributed by atoms with Gasteiger partial charge in [-0.25, -0.2) is 4.39 Å². The van der Waals surface area contributed by atoms with E-state index in [2.05, 4.69) is 48.0 Å². The van der Waals surface area contributed by atoms with Crippen molar-refractivity contribution in [3.63, 3.8) is 0 Å². The zero-order valence-corrected chi connectivity index (χ0v) is 26.3. The third kappa shape index (κ3) is 10.6. The van der Waals surface area contributed by atoms with Gasteiger partial charge in [-0.15, -0.1) is 0 Å². The first-order valence-corrected chi connectivity index (χ1v) is 15.3. The minimum absolute atomic E-state index is 0.101. The van der Waals surface area contributed by atoms with Gasteiger partial charge >= 0.3 is 0 Å². The summed E-state index contributed by atoms with van der Waals surface area (Å²) in [5.74, 6) is 0.350. The van der Waals surface area contributed by atoms with Gasteiger partial charge in [0.05, 0.1) is 0 Å². The molecule has 222 valence electrons. The van der Waals surface area contributed by atoms with E-state index in [1.54, 1.807) is 23.7 Å². The number of hydrogen-bond acceptors (Lipinski definition) is 5. The SMILES string of the molecule is CCN(CC)CCN(C=O)Cc1ccc(-c2ccc(Cl)cc2)cc1.Cn1cc(Cl)c(=O)nc1SCc1ccc(F)cc1. The van der Waals surface area contributed by atoms with Crippen LogP contribution in [0.1, 0.15) is 25.0 Å². The van der Waals surface area contributed by atoms with Gasteiger partial charge in [-0.3, -0.25) is 9.59 Å². The summed E-state index contributed by atoms with van der Waals surface area (Å²) in [4.78, 5) is 30.7. The predicted molar refractivity (Wildman–Crippen MR) is 172 cm³/mol. The average Bonchev–Trinajstić information content (AvgIpc) is 3.00. The number of halogens is 3. The first-order valence-electron chi connectivity index (χ1n) is 13.6. The first-order chi connectivity index (χ1) is 20.2. The van der Waals surface area contributed by atoms with Gasteiger partial charge in [0.15, 0.2) is 5.16 Å². The number of amides is 1. The number of aromatic nitrogens is 2. The van der Waals surface area contributed by atoms with E-state index in [0.717, 1.165) is 59.9 Å². The number of aryl methyl sites for hydroxylation is 1. The third-order valence-corrected chi connectivity index (χ3v) is 8.18. The highest BCUT2D eigenvalue weighted by Gasteiger charge is 2.07. The van der Waals surface area contributed by atoms with Crippen molar-refractivity contribution >= 4 is 41.4 Å². The normalized spacial score (nSPS) is 10.7. The van der Waals surface area contributed by atoms with Crippen molar-refractivity contribution in [1.29, 1.82) is 0 Å². The molecule has 0 saturated heterocycles. The standard InChI is InChI=1S/C20H25ClN2O.C12H10ClFN2OS/c1-3-22(4-2)13-14-23(16-24)15-17-5-7-18(8-6-17)19-9-11-20(21)12-10-19;1-16-6-10(13)11(17)15-12(16)18-7-8-2-4-9(14)5-3-8/h5-12,16H,3-4,13-15H2,1-2H3;2-6H,7H2,1H3. The van der Waals surface area contributed by atoms with Crippen LogP contribution in [0, 0.1) is 5.82 Å². The monoisotopic (exact) mass is 628 g/mol. The van der Waals surface area contributed by atoms with E-state index < -0.39 is 5.56 Å². The molecule has 10 heteroatoms. The second kappa shape index (κ2) is 17.1. The van der Waals surface area contributed by atoms with E-state index in [1.807, 2.05) is 29.2 Å². The number of benzene rings is 3. The molecule has 0 saturated carbocycles. The second-order valence-corrected chi connectivity index (χ2v) is 11.3. The average molecular weight is 630 g/mol. The Labute approximate surface area is 261 Å². The molecule has 0 fully saturated rings. The van der Waals surface area contributed by atoms with E-state index in [-0.39, 0.29) is 10.8 Å². The van der Waals surface area contributed by atoms with Crippen LogP contribution in [0.15, 0.2) is 88.9 Å². The molecule has 0 spiro atoms. The molecule has 6 nitrogen and oxygen atoms in total. The lowest BCUT2D eigenvalue weighted by Gasteiger charge is -2.23. The summed E-state index contributed by atoms with van der Waals surface area (Å²) in [6.45, 7) is 8.62. The molecule has 0 bridgehead atoms. The smallest absolute Gasteiger partial charge is 0.292 e. The minimum Gasteiger partial charge on any atom is -0.340 e. The molecule has 0 unspecified atom stereocenters. The van der Waals surface area contributed by atoms with Crippen LogP contribution < -0.4 is 5.56 Å². The summed E-state index contributed by atoms with van der Waals surface area (Å²) in [6, 6.07) is 22.4. The van der Waals surface area contributed by atoms with E-state index in [9.17, 15) is 14.0 Å². The van der Waals surface area contributed by atoms with Crippen molar-refractivity contribution in [2.75, 3.05) is 26.2 Å². The molecule has 4 aromatic rings. The Morgan fingerprint density at radius 3 is 2.02 bits per heavy atom. The maximum atomic E-state index is 12.7. The predicted octanol–water partition coefficient (Wildman–Crippen LogP) is 7.17. The molecular weight excluding hydrogens is 594 g/mol. The Morgan fingerprint density at radius 2 is 1.45 bits per heavy atom. The van der Waals surface area contributed by atoms with Crippen molar-refractivity contribution in [2.45, 2.75) is 31.3 Å². The van der Waals surface area contributed by atoms with Gasteiger partial charge in [-0.1, -0.05) is 97.3 Å². The zero-order chi connectivity index (χ0) is 30.5. The molecule has 1 aromatic heterocycles. The van der Waals surface area contributed by atoms with Crippen LogP contribution in [-0.4, -0.2) is 51.9 Å². The van der Waals surface area contributed by atoms with Gasteiger partial charge in [0.1, 0.15) is 10.8 Å². The van der Waals surface area contributed by atoms with Crippen molar-refractivity contribution < 1.29 is 9.18 Å². The number of thioether (sulfide) groups is 1. The summed E-state index contributed by atoms with van der Waals surface area (Å²) in [5.41, 5.74) is 3.96. The number of rotatable bonds is 12. The zero-order valence-electron chi connectivity index (χ0n) is 24.0. The molecule has 0 aliphatic carbocycles. The van der Waals surface area contributed by atoms with Crippen LogP contribution >= 0.6 is 35.0 Å². The Kier molecular flexibility index (Phi) is 13.5. The van der Waals surface area contributed by atoms with Gasteiger partial charge in [-0.2, -0.15) is 4.98 Å². The summed E-state index contributed by atoms with van der Waals surface area (Å²) in [5, 5.41) is 1.42. The van der Waals surface area contributed by atoms with E-state index in [1.165, 1.54) is 30.1 Å². The lowest BCUT2D eigenvalue weighted by molar-refractivity contribution is -0.118. The molecule has 4 rings (SSSR count). The van der Waals surface area contributed by atoms with Crippen molar-refractivity contribution in [1.82, 2.24) is 19.4 Å². The van der Waals surface area contributed by atoms with Crippen LogP contribution in [0.2, 0.25) is 10.0 Å². The fourth-order valence-electron chi connectivity index (χ4n) is 4.02. The van der Waals surface area contributed by atoms with Crippen LogP contribution in [0.4, 0.5) is 4.39 Å². The quantitative estimate of drug-likeness (QED) is 0.0945. The summed E-state index contributed by atoms with van der Waals surface area (Å²) < 4.78 is 14.4. The number of hydrogen-bond donors (Lipinski definition) is 0. The fourth-order valence-corrected chi connectivity index (χ4v) is 5.23. The molecule has 3 aromatic carbocycles.